The van der Waals surface area contributed by atoms with Crippen molar-refractivity contribution in [2.24, 2.45) is 0 Å². The van der Waals surface area contributed by atoms with E-state index in [0.29, 0.717) is 12.5 Å². The van der Waals surface area contributed by atoms with Crippen molar-refractivity contribution in [3.05, 3.63) is 12.0 Å². The van der Waals surface area contributed by atoms with E-state index in [1.807, 2.05) is 6.92 Å². The Labute approximate surface area is 111 Å². The van der Waals surface area contributed by atoms with Gasteiger partial charge in [0.1, 0.15) is 6.04 Å². The molecule has 0 aliphatic rings. The van der Waals surface area contributed by atoms with Crippen LogP contribution in [0.3, 0.4) is 0 Å². The predicted octanol–water partition coefficient (Wildman–Crippen LogP) is 1.80. The molecule has 1 aromatic rings. The Balaban J connectivity index is 2.73. The fourth-order valence-corrected chi connectivity index (χ4v) is 1.32. The second-order valence-electron chi connectivity index (χ2n) is 3.94. The van der Waals surface area contributed by atoms with E-state index in [1.54, 1.807) is 13.8 Å². The Hall–Kier alpha value is -1.92. The van der Waals surface area contributed by atoms with Crippen LogP contribution >= 0.6 is 0 Å². The quantitative estimate of drug-likeness (QED) is 0.736. The molecule has 0 radical (unpaired) electrons. The number of hydrogen-bond donors (Lipinski definition) is 2. The van der Waals surface area contributed by atoms with Crippen LogP contribution in [0.1, 0.15) is 27.2 Å². The van der Waals surface area contributed by atoms with Crippen LogP contribution in [0.5, 0.6) is 0 Å². The van der Waals surface area contributed by atoms with Gasteiger partial charge in [-0.2, -0.15) is 4.98 Å². The van der Waals surface area contributed by atoms with Gasteiger partial charge >= 0.3 is 5.97 Å². The van der Waals surface area contributed by atoms with Crippen LogP contribution in [-0.2, 0) is 9.53 Å². The number of halogens is 1. The Kier molecular flexibility index (Phi) is 5.98. The maximum Gasteiger partial charge on any atom is 0.328 e. The van der Waals surface area contributed by atoms with E-state index in [-0.39, 0.29) is 12.4 Å². The molecule has 0 saturated carbocycles. The van der Waals surface area contributed by atoms with Gasteiger partial charge in [0.2, 0.25) is 5.95 Å². The summed E-state index contributed by atoms with van der Waals surface area (Å²) in [5, 5.41) is 5.62. The van der Waals surface area contributed by atoms with Crippen molar-refractivity contribution in [1.29, 1.82) is 0 Å². The first-order chi connectivity index (χ1) is 9.08. The Morgan fingerprint density at radius 2 is 2.26 bits per heavy atom. The average molecular weight is 270 g/mol. The van der Waals surface area contributed by atoms with Gasteiger partial charge in [-0.05, 0) is 20.3 Å². The number of carbonyl (C=O) groups is 1. The fraction of sp³-hybridized carbons (Fsp3) is 0.583. The third kappa shape index (κ3) is 4.69. The van der Waals surface area contributed by atoms with Gasteiger partial charge in [0.25, 0.3) is 0 Å². The number of rotatable bonds is 7. The Morgan fingerprint density at radius 1 is 1.53 bits per heavy atom. The second kappa shape index (κ2) is 7.50. The van der Waals surface area contributed by atoms with Crippen molar-refractivity contribution >= 4 is 17.7 Å². The molecular weight excluding hydrogens is 251 g/mol. The molecule has 0 bridgehead atoms. The number of nitrogens with zero attached hydrogens (tertiary/aromatic N) is 2. The molecule has 6 nitrogen and oxygen atoms in total. The smallest absolute Gasteiger partial charge is 0.328 e. The number of carbonyl (C=O) groups excluding carboxylic acids is 1. The van der Waals surface area contributed by atoms with Crippen LogP contribution in [0.25, 0.3) is 0 Å². The van der Waals surface area contributed by atoms with Gasteiger partial charge in [-0.25, -0.2) is 14.2 Å². The largest absolute Gasteiger partial charge is 0.464 e. The van der Waals surface area contributed by atoms with Crippen molar-refractivity contribution in [1.82, 2.24) is 9.97 Å². The lowest BCUT2D eigenvalue weighted by atomic mass is 10.3. The first-order valence-corrected chi connectivity index (χ1v) is 6.28. The summed E-state index contributed by atoms with van der Waals surface area (Å²) >= 11 is 0. The van der Waals surface area contributed by atoms with Crippen LogP contribution in [0.2, 0.25) is 0 Å². The molecule has 7 heteroatoms. The van der Waals surface area contributed by atoms with Gasteiger partial charge in [-0.15, -0.1) is 0 Å². The maximum absolute atomic E-state index is 13.5. The molecular formula is C12H19FN4O2. The van der Waals surface area contributed by atoms with Crippen molar-refractivity contribution in [2.45, 2.75) is 33.2 Å². The number of anilines is 2. The van der Waals surface area contributed by atoms with Gasteiger partial charge in [0, 0.05) is 6.54 Å². The van der Waals surface area contributed by atoms with Crippen LogP contribution in [-0.4, -0.2) is 35.1 Å². The minimum absolute atomic E-state index is 0.0193. The molecule has 0 aliphatic carbocycles. The average Bonchev–Trinajstić information content (AvgIpc) is 2.39. The first-order valence-electron chi connectivity index (χ1n) is 6.28. The molecule has 1 unspecified atom stereocenters. The number of hydrogen-bond acceptors (Lipinski definition) is 6. The van der Waals surface area contributed by atoms with Crippen LogP contribution in [0.4, 0.5) is 16.2 Å². The normalized spacial score (nSPS) is 11.8. The molecule has 106 valence electrons. The maximum atomic E-state index is 13.5. The van der Waals surface area contributed by atoms with E-state index in [1.165, 1.54) is 0 Å². The van der Waals surface area contributed by atoms with Crippen LogP contribution in [0.15, 0.2) is 6.20 Å². The lowest BCUT2D eigenvalue weighted by molar-refractivity contribution is -0.143. The lowest BCUT2D eigenvalue weighted by Crippen LogP contribution is -2.29. The van der Waals surface area contributed by atoms with Crippen LogP contribution < -0.4 is 10.6 Å². The molecule has 0 aliphatic heterocycles. The van der Waals surface area contributed by atoms with Crippen LogP contribution in [0, 0.1) is 5.82 Å². The minimum Gasteiger partial charge on any atom is -0.464 e. The topological polar surface area (TPSA) is 76.1 Å². The van der Waals surface area contributed by atoms with E-state index < -0.39 is 17.8 Å². The summed E-state index contributed by atoms with van der Waals surface area (Å²) in [6.45, 7) is 6.26. The van der Waals surface area contributed by atoms with Gasteiger partial charge in [-0.1, -0.05) is 6.92 Å². The summed E-state index contributed by atoms with van der Waals surface area (Å²) in [7, 11) is 0. The molecule has 1 heterocycles. The van der Waals surface area contributed by atoms with E-state index in [2.05, 4.69) is 20.6 Å². The molecule has 2 N–H and O–H groups in total. The van der Waals surface area contributed by atoms with Crippen molar-refractivity contribution in [3.63, 3.8) is 0 Å². The lowest BCUT2D eigenvalue weighted by Gasteiger charge is -2.14. The highest BCUT2D eigenvalue weighted by Gasteiger charge is 2.16. The zero-order chi connectivity index (χ0) is 14.3. The fourth-order valence-electron chi connectivity index (χ4n) is 1.32. The standard InChI is InChI=1S/C12H19FN4O2/c1-4-6-14-12-15-7-9(13)10(17-12)16-8(3)11(18)19-5-2/h7-8H,4-6H2,1-3H3,(H2,14,15,16,17). The third-order valence-electron chi connectivity index (χ3n) is 2.27. The summed E-state index contributed by atoms with van der Waals surface area (Å²) in [6, 6.07) is -0.677. The van der Waals surface area contributed by atoms with Crippen molar-refractivity contribution in [2.75, 3.05) is 23.8 Å². The Morgan fingerprint density at radius 3 is 2.89 bits per heavy atom. The zero-order valence-electron chi connectivity index (χ0n) is 11.4. The molecule has 0 fully saturated rings. The van der Waals surface area contributed by atoms with E-state index in [0.717, 1.165) is 12.6 Å². The van der Waals surface area contributed by atoms with E-state index in [9.17, 15) is 9.18 Å². The third-order valence-corrected chi connectivity index (χ3v) is 2.27. The number of nitrogens with one attached hydrogen (secondary N) is 2. The second-order valence-corrected chi connectivity index (χ2v) is 3.94. The summed E-state index contributed by atoms with van der Waals surface area (Å²) < 4.78 is 18.4. The minimum atomic E-state index is -0.677. The Bertz CT molecular complexity index is 428. The highest BCUT2D eigenvalue weighted by atomic mass is 19.1. The number of esters is 1. The summed E-state index contributed by atoms with van der Waals surface area (Å²) in [5.41, 5.74) is 0. The van der Waals surface area contributed by atoms with Crippen molar-refractivity contribution in [3.8, 4) is 0 Å². The van der Waals surface area contributed by atoms with Crippen molar-refractivity contribution < 1.29 is 13.9 Å². The molecule has 1 atom stereocenters. The summed E-state index contributed by atoms with van der Waals surface area (Å²) in [6.07, 6.45) is 1.97. The van der Waals surface area contributed by atoms with E-state index >= 15 is 0 Å². The number of aromatic nitrogens is 2. The highest BCUT2D eigenvalue weighted by Crippen LogP contribution is 2.13. The SMILES string of the molecule is CCCNc1ncc(F)c(NC(C)C(=O)OCC)n1. The summed E-state index contributed by atoms with van der Waals surface area (Å²) in [5.74, 6) is -0.766. The molecule has 0 spiro atoms. The van der Waals surface area contributed by atoms with Gasteiger partial charge in [0.15, 0.2) is 11.6 Å². The molecule has 1 aromatic heterocycles. The predicted molar refractivity (Wildman–Crippen MR) is 70.5 cm³/mol. The van der Waals surface area contributed by atoms with Gasteiger partial charge in [0.05, 0.1) is 12.8 Å². The molecule has 0 aromatic carbocycles. The summed E-state index contributed by atoms with van der Waals surface area (Å²) in [4.78, 5) is 19.2. The monoisotopic (exact) mass is 270 g/mol. The van der Waals surface area contributed by atoms with Gasteiger partial charge in [-0.3, -0.25) is 0 Å². The molecule has 0 saturated heterocycles. The number of ether oxygens (including phenoxy) is 1. The van der Waals surface area contributed by atoms with E-state index in [4.69, 9.17) is 4.74 Å². The van der Waals surface area contributed by atoms with Gasteiger partial charge < -0.3 is 15.4 Å². The molecule has 1 rings (SSSR count). The highest BCUT2D eigenvalue weighted by molar-refractivity contribution is 5.78. The first kappa shape index (κ1) is 15.1. The zero-order valence-corrected chi connectivity index (χ0v) is 11.4. The molecule has 0 amide bonds. The molecule has 19 heavy (non-hydrogen) atoms.